The summed E-state index contributed by atoms with van der Waals surface area (Å²) < 4.78 is 13.1. The lowest BCUT2D eigenvalue weighted by Gasteiger charge is -2.33. The number of likely N-dealkylation sites (tertiary alicyclic amines) is 1. The summed E-state index contributed by atoms with van der Waals surface area (Å²) in [5.41, 5.74) is 1.02. The maximum atomic E-state index is 12.9. The number of nitrogens with zero attached hydrogens (tertiary/aromatic N) is 4. The van der Waals surface area contributed by atoms with Crippen LogP contribution in [0.2, 0.25) is 0 Å². The first kappa shape index (κ1) is 20.1. The van der Waals surface area contributed by atoms with Crippen LogP contribution in [0, 0.1) is 0 Å². The number of aromatic nitrogens is 3. The minimum absolute atomic E-state index is 0.0460. The molecule has 2 aromatic heterocycles. The van der Waals surface area contributed by atoms with Crippen LogP contribution in [0.1, 0.15) is 44.0 Å². The van der Waals surface area contributed by atoms with Gasteiger partial charge >= 0.3 is 5.63 Å². The summed E-state index contributed by atoms with van der Waals surface area (Å²) in [6.45, 7) is 5.07. The third-order valence-corrected chi connectivity index (χ3v) is 5.76. The Balaban J connectivity index is 1.41. The Kier molecular flexibility index (Phi) is 5.57. The number of rotatable bonds is 5. The van der Waals surface area contributed by atoms with Gasteiger partial charge in [0.25, 0.3) is 5.91 Å². The Morgan fingerprint density at radius 1 is 1.30 bits per heavy atom. The average molecular weight is 410 g/mol. The second-order valence-electron chi connectivity index (χ2n) is 7.76. The first-order valence-corrected chi connectivity index (χ1v) is 10.3. The Hall–Kier alpha value is -3.16. The van der Waals surface area contributed by atoms with Gasteiger partial charge in [-0.2, -0.15) is 0 Å². The number of aryl methyl sites for hydroxylation is 2. The van der Waals surface area contributed by atoms with Gasteiger partial charge in [-0.1, -0.05) is 6.92 Å². The van der Waals surface area contributed by atoms with Crippen LogP contribution in [-0.4, -0.2) is 44.8 Å². The SMILES string of the molecule is CCc1cc(=O)oc2cc(OC(C)C(=O)N3CCC(c4nncn4C)CC3)ccc12. The number of fused-ring (bicyclic) bond motifs is 1. The molecule has 4 rings (SSSR count). The summed E-state index contributed by atoms with van der Waals surface area (Å²) in [4.78, 5) is 26.5. The minimum atomic E-state index is -0.630. The zero-order valence-electron chi connectivity index (χ0n) is 17.5. The standard InChI is InChI=1S/C22H26N4O4/c1-4-15-11-20(27)30-19-12-17(5-6-18(15)19)29-14(2)22(28)26-9-7-16(8-10-26)21-24-23-13-25(21)3/h5-6,11-14,16H,4,7-10H2,1-3H3. The summed E-state index contributed by atoms with van der Waals surface area (Å²) in [7, 11) is 1.94. The molecule has 1 aliphatic heterocycles. The lowest BCUT2D eigenvalue weighted by atomic mass is 9.95. The van der Waals surface area contributed by atoms with E-state index in [0.717, 1.165) is 36.0 Å². The fourth-order valence-corrected chi connectivity index (χ4v) is 4.11. The summed E-state index contributed by atoms with van der Waals surface area (Å²) in [5, 5.41) is 9.03. The number of amides is 1. The molecular formula is C22H26N4O4. The lowest BCUT2D eigenvalue weighted by Crippen LogP contribution is -2.44. The average Bonchev–Trinajstić information content (AvgIpc) is 3.18. The number of carbonyl (C=O) groups is 1. The second kappa shape index (κ2) is 8.30. The smallest absolute Gasteiger partial charge is 0.336 e. The quantitative estimate of drug-likeness (QED) is 0.601. The topological polar surface area (TPSA) is 90.5 Å². The van der Waals surface area contributed by atoms with Gasteiger partial charge in [0.05, 0.1) is 0 Å². The predicted octanol–water partition coefficient (Wildman–Crippen LogP) is 2.66. The van der Waals surface area contributed by atoms with E-state index in [1.54, 1.807) is 19.3 Å². The van der Waals surface area contributed by atoms with E-state index in [2.05, 4.69) is 10.2 Å². The molecular weight excluding hydrogens is 384 g/mol. The summed E-state index contributed by atoms with van der Waals surface area (Å²) in [5.74, 6) is 1.74. The maximum Gasteiger partial charge on any atom is 0.336 e. The molecule has 1 amide bonds. The zero-order chi connectivity index (χ0) is 21.3. The molecule has 0 radical (unpaired) electrons. The Bertz CT molecular complexity index is 1110. The summed E-state index contributed by atoms with van der Waals surface area (Å²) in [6, 6.07) is 6.88. The Morgan fingerprint density at radius 3 is 2.73 bits per heavy atom. The monoisotopic (exact) mass is 410 g/mol. The normalized spacial score (nSPS) is 16.0. The zero-order valence-corrected chi connectivity index (χ0v) is 17.5. The van der Waals surface area contributed by atoms with E-state index in [4.69, 9.17) is 9.15 Å². The highest BCUT2D eigenvalue weighted by Gasteiger charge is 2.29. The first-order chi connectivity index (χ1) is 14.5. The number of benzene rings is 1. The van der Waals surface area contributed by atoms with Crippen molar-refractivity contribution in [3.8, 4) is 5.75 Å². The molecule has 1 atom stereocenters. The third-order valence-electron chi connectivity index (χ3n) is 5.76. The van der Waals surface area contributed by atoms with Crippen molar-refractivity contribution in [2.45, 2.75) is 45.1 Å². The molecule has 1 aromatic carbocycles. The molecule has 1 unspecified atom stereocenters. The largest absolute Gasteiger partial charge is 0.481 e. The van der Waals surface area contributed by atoms with E-state index in [-0.39, 0.29) is 11.5 Å². The van der Waals surface area contributed by atoms with Gasteiger partial charge in [0.1, 0.15) is 23.5 Å². The van der Waals surface area contributed by atoms with Crippen LogP contribution in [0.25, 0.3) is 11.0 Å². The second-order valence-corrected chi connectivity index (χ2v) is 7.76. The van der Waals surface area contributed by atoms with Crippen LogP contribution in [0.4, 0.5) is 0 Å². The van der Waals surface area contributed by atoms with Crippen molar-refractivity contribution in [3.05, 3.63) is 52.4 Å². The fraction of sp³-hybridized carbons (Fsp3) is 0.455. The van der Waals surface area contributed by atoms with Crippen LogP contribution in [0.3, 0.4) is 0 Å². The van der Waals surface area contributed by atoms with E-state index in [9.17, 15) is 9.59 Å². The van der Waals surface area contributed by atoms with Crippen LogP contribution < -0.4 is 10.4 Å². The van der Waals surface area contributed by atoms with Gasteiger partial charge in [0.15, 0.2) is 6.10 Å². The van der Waals surface area contributed by atoms with Gasteiger partial charge in [-0.25, -0.2) is 4.79 Å². The van der Waals surface area contributed by atoms with Gasteiger partial charge in [0, 0.05) is 43.6 Å². The summed E-state index contributed by atoms with van der Waals surface area (Å²) in [6.07, 6.45) is 3.52. The molecule has 158 valence electrons. The molecule has 3 heterocycles. The van der Waals surface area contributed by atoms with E-state index in [1.165, 1.54) is 6.07 Å². The molecule has 8 heteroatoms. The van der Waals surface area contributed by atoms with Crippen molar-refractivity contribution >= 4 is 16.9 Å². The van der Waals surface area contributed by atoms with Gasteiger partial charge in [-0.3, -0.25) is 4.79 Å². The van der Waals surface area contributed by atoms with Crippen molar-refractivity contribution < 1.29 is 13.9 Å². The highest BCUT2D eigenvalue weighted by molar-refractivity contribution is 5.83. The maximum absolute atomic E-state index is 12.9. The molecule has 0 bridgehead atoms. The molecule has 1 fully saturated rings. The van der Waals surface area contributed by atoms with E-state index >= 15 is 0 Å². The summed E-state index contributed by atoms with van der Waals surface area (Å²) >= 11 is 0. The number of hydrogen-bond acceptors (Lipinski definition) is 6. The van der Waals surface area contributed by atoms with Crippen molar-refractivity contribution in [2.75, 3.05) is 13.1 Å². The predicted molar refractivity (Wildman–Crippen MR) is 112 cm³/mol. The van der Waals surface area contributed by atoms with E-state index < -0.39 is 6.10 Å². The van der Waals surface area contributed by atoms with Gasteiger partial charge in [-0.05, 0) is 43.9 Å². The fourth-order valence-electron chi connectivity index (χ4n) is 4.11. The molecule has 0 N–H and O–H groups in total. The van der Waals surface area contributed by atoms with Gasteiger partial charge in [-0.15, -0.1) is 10.2 Å². The molecule has 1 saturated heterocycles. The molecule has 3 aromatic rings. The van der Waals surface area contributed by atoms with Crippen LogP contribution in [0.15, 0.2) is 39.8 Å². The highest BCUT2D eigenvalue weighted by atomic mass is 16.5. The number of hydrogen-bond donors (Lipinski definition) is 0. The first-order valence-electron chi connectivity index (χ1n) is 10.3. The molecule has 0 aliphatic carbocycles. The molecule has 8 nitrogen and oxygen atoms in total. The number of piperidine rings is 1. The molecule has 1 aliphatic rings. The lowest BCUT2D eigenvalue weighted by molar-refractivity contribution is -0.139. The van der Waals surface area contributed by atoms with Crippen LogP contribution in [-0.2, 0) is 18.3 Å². The third kappa shape index (κ3) is 3.94. The van der Waals surface area contributed by atoms with Crippen LogP contribution >= 0.6 is 0 Å². The molecule has 0 saturated carbocycles. The van der Waals surface area contributed by atoms with Crippen molar-refractivity contribution in [2.24, 2.45) is 7.05 Å². The van der Waals surface area contributed by atoms with Crippen molar-refractivity contribution in [1.29, 1.82) is 0 Å². The van der Waals surface area contributed by atoms with Crippen molar-refractivity contribution in [1.82, 2.24) is 19.7 Å². The Morgan fingerprint density at radius 2 is 2.07 bits per heavy atom. The molecule has 30 heavy (non-hydrogen) atoms. The van der Waals surface area contributed by atoms with Gasteiger partial charge < -0.3 is 18.6 Å². The number of ether oxygens (including phenoxy) is 1. The van der Waals surface area contributed by atoms with Crippen LogP contribution in [0.5, 0.6) is 5.75 Å². The van der Waals surface area contributed by atoms with Crippen molar-refractivity contribution in [3.63, 3.8) is 0 Å². The minimum Gasteiger partial charge on any atom is -0.481 e. The van der Waals surface area contributed by atoms with E-state index in [1.807, 2.05) is 35.6 Å². The van der Waals surface area contributed by atoms with E-state index in [0.29, 0.717) is 30.3 Å². The Labute approximate surface area is 174 Å². The van der Waals surface area contributed by atoms with Gasteiger partial charge in [0.2, 0.25) is 0 Å². The number of carbonyl (C=O) groups excluding carboxylic acids is 1. The molecule has 0 spiro atoms. The highest BCUT2D eigenvalue weighted by Crippen LogP contribution is 2.27.